The summed E-state index contributed by atoms with van der Waals surface area (Å²) in [5.74, 6) is -0.0650. The molecule has 1 saturated carbocycles. The molecular weight excluding hydrogens is 263 g/mol. The van der Waals surface area contributed by atoms with Crippen molar-refractivity contribution in [2.75, 3.05) is 18.0 Å². The van der Waals surface area contributed by atoms with Gasteiger partial charge in [0.05, 0.1) is 5.69 Å². The second-order valence-corrected chi connectivity index (χ2v) is 7.41. The molecule has 1 aliphatic heterocycles. The van der Waals surface area contributed by atoms with Crippen LogP contribution < -0.4 is 10.2 Å². The quantitative estimate of drug-likeness (QED) is 0.898. The molecule has 0 aromatic heterocycles. The van der Waals surface area contributed by atoms with E-state index in [-0.39, 0.29) is 5.82 Å². The third-order valence-electron chi connectivity index (χ3n) is 4.89. The summed E-state index contributed by atoms with van der Waals surface area (Å²) < 4.78 is 14.4. The van der Waals surface area contributed by atoms with Gasteiger partial charge >= 0.3 is 0 Å². The molecule has 3 rings (SSSR count). The van der Waals surface area contributed by atoms with Gasteiger partial charge < -0.3 is 10.2 Å². The van der Waals surface area contributed by atoms with Crippen LogP contribution in [0.2, 0.25) is 0 Å². The van der Waals surface area contributed by atoms with E-state index in [1.54, 1.807) is 6.07 Å². The highest BCUT2D eigenvalue weighted by Crippen LogP contribution is 2.34. The van der Waals surface area contributed by atoms with Crippen LogP contribution in [0, 0.1) is 11.2 Å². The van der Waals surface area contributed by atoms with Crippen LogP contribution >= 0.6 is 0 Å². The summed E-state index contributed by atoms with van der Waals surface area (Å²) >= 11 is 0. The van der Waals surface area contributed by atoms with E-state index in [9.17, 15) is 4.39 Å². The first-order chi connectivity index (χ1) is 10.1. The minimum absolute atomic E-state index is 0.0650. The Hall–Kier alpha value is -1.09. The number of hydrogen-bond acceptors (Lipinski definition) is 2. The fourth-order valence-corrected chi connectivity index (χ4v) is 3.25. The topological polar surface area (TPSA) is 15.3 Å². The molecule has 1 aromatic rings. The zero-order chi connectivity index (χ0) is 14.9. The summed E-state index contributed by atoms with van der Waals surface area (Å²) in [6.07, 6.45) is 6.05. The van der Waals surface area contributed by atoms with E-state index in [4.69, 9.17) is 0 Å². The maximum Gasteiger partial charge on any atom is 0.146 e. The lowest BCUT2D eigenvalue weighted by molar-refractivity contribution is 0.325. The van der Waals surface area contributed by atoms with Crippen molar-refractivity contribution in [1.29, 1.82) is 0 Å². The summed E-state index contributed by atoms with van der Waals surface area (Å²) in [5.41, 5.74) is 2.33. The van der Waals surface area contributed by atoms with Crippen molar-refractivity contribution in [1.82, 2.24) is 5.32 Å². The summed E-state index contributed by atoms with van der Waals surface area (Å²) in [6.45, 7) is 7.38. The number of rotatable bonds is 4. The van der Waals surface area contributed by atoms with Crippen LogP contribution in [0.25, 0.3) is 0 Å². The van der Waals surface area contributed by atoms with Gasteiger partial charge in [0.2, 0.25) is 0 Å². The van der Waals surface area contributed by atoms with Crippen molar-refractivity contribution in [3.05, 3.63) is 29.6 Å². The lowest BCUT2D eigenvalue weighted by Crippen LogP contribution is -2.28. The Labute approximate surface area is 127 Å². The smallest absolute Gasteiger partial charge is 0.146 e. The predicted octanol–water partition coefficient (Wildman–Crippen LogP) is 4.09. The lowest BCUT2D eigenvalue weighted by Gasteiger charge is -2.27. The van der Waals surface area contributed by atoms with Gasteiger partial charge in [-0.15, -0.1) is 0 Å². The van der Waals surface area contributed by atoms with Crippen molar-refractivity contribution in [2.45, 2.75) is 58.5 Å². The Bertz CT molecular complexity index is 494. The van der Waals surface area contributed by atoms with Gasteiger partial charge in [0.1, 0.15) is 5.82 Å². The molecule has 0 atom stereocenters. The molecule has 1 saturated heterocycles. The molecule has 2 nitrogen and oxygen atoms in total. The van der Waals surface area contributed by atoms with Crippen molar-refractivity contribution in [3.8, 4) is 0 Å². The highest BCUT2D eigenvalue weighted by molar-refractivity contribution is 5.55. The van der Waals surface area contributed by atoms with Crippen LogP contribution in [-0.4, -0.2) is 19.1 Å². The third-order valence-corrected chi connectivity index (χ3v) is 4.89. The molecule has 0 spiro atoms. The van der Waals surface area contributed by atoms with E-state index < -0.39 is 0 Å². The largest absolute Gasteiger partial charge is 0.369 e. The van der Waals surface area contributed by atoms with Gasteiger partial charge in [-0.25, -0.2) is 4.39 Å². The van der Waals surface area contributed by atoms with E-state index in [1.165, 1.54) is 19.3 Å². The summed E-state index contributed by atoms with van der Waals surface area (Å²) in [6, 6.07) is 6.17. The molecule has 2 fully saturated rings. The third kappa shape index (κ3) is 3.76. The van der Waals surface area contributed by atoms with Crippen LogP contribution in [-0.2, 0) is 6.54 Å². The number of para-hydroxylation sites is 1. The average molecular weight is 290 g/mol. The number of anilines is 1. The van der Waals surface area contributed by atoms with Gasteiger partial charge in [-0.3, -0.25) is 0 Å². The van der Waals surface area contributed by atoms with Crippen LogP contribution in [0.4, 0.5) is 10.1 Å². The average Bonchev–Trinajstić information content (AvgIpc) is 3.25. The number of benzene rings is 1. The number of nitrogens with zero attached hydrogens (tertiary/aromatic N) is 1. The van der Waals surface area contributed by atoms with E-state index in [0.29, 0.717) is 11.5 Å². The summed E-state index contributed by atoms with van der Waals surface area (Å²) in [4.78, 5) is 2.27. The molecular formula is C18H27FN2. The Morgan fingerprint density at radius 3 is 2.81 bits per heavy atom. The predicted molar refractivity (Wildman–Crippen MR) is 86.1 cm³/mol. The van der Waals surface area contributed by atoms with Crippen LogP contribution in [0.15, 0.2) is 18.2 Å². The maximum atomic E-state index is 14.4. The fraction of sp³-hybridized carbons (Fsp3) is 0.667. The SMILES string of the molecule is CC1(C)CCCN(c2c(F)cccc2CNC2CC2)CC1. The first-order valence-electron chi connectivity index (χ1n) is 8.31. The van der Waals surface area contributed by atoms with E-state index in [2.05, 4.69) is 30.1 Å². The Kier molecular flexibility index (Phi) is 4.21. The van der Waals surface area contributed by atoms with Gasteiger partial charge in [-0.05, 0) is 49.1 Å². The molecule has 0 radical (unpaired) electrons. The minimum atomic E-state index is -0.0650. The number of halogens is 1. The fourth-order valence-electron chi connectivity index (χ4n) is 3.25. The van der Waals surface area contributed by atoms with Crippen molar-refractivity contribution >= 4 is 5.69 Å². The monoisotopic (exact) mass is 290 g/mol. The Balaban J connectivity index is 1.78. The van der Waals surface area contributed by atoms with E-state index in [0.717, 1.165) is 43.7 Å². The van der Waals surface area contributed by atoms with Gasteiger partial charge in [0, 0.05) is 25.7 Å². The second-order valence-electron chi connectivity index (χ2n) is 7.41. The number of hydrogen-bond donors (Lipinski definition) is 1. The van der Waals surface area contributed by atoms with Crippen molar-refractivity contribution in [2.24, 2.45) is 5.41 Å². The molecule has 3 heteroatoms. The molecule has 0 unspecified atom stereocenters. The molecule has 21 heavy (non-hydrogen) atoms. The highest BCUT2D eigenvalue weighted by Gasteiger charge is 2.26. The first kappa shape index (κ1) is 14.8. The van der Waals surface area contributed by atoms with Crippen LogP contribution in [0.3, 0.4) is 0 Å². The molecule has 0 bridgehead atoms. The summed E-state index contributed by atoms with van der Waals surface area (Å²) in [7, 11) is 0. The van der Waals surface area contributed by atoms with E-state index in [1.807, 2.05) is 6.07 Å². The maximum absolute atomic E-state index is 14.4. The van der Waals surface area contributed by atoms with Gasteiger partial charge in [-0.2, -0.15) is 0 Å². The second kappa shape index (κ2) is 5.96. The lowest BCUT2D eigenvalue weighted by atomic mass is 9.85. The molecule has 1 N–H and O–H groups in total. The molecule has 116 valence electrons. The van der Waals surface area contributed by atoms with Gasteiger partial charge in [0.15, 0.2) is 0 Å². The van der Waals surface area contributed by atoms with Crippen molar-refractivity contribution in [3.63, 3.8) is 0 Å². The molecule has 1 aliphatic carbocycles. The Morgan fingerprint density at radius 2 is 2.05 bits per heavy atom. The van der Waals surface area contributed by atoms with Crippen molar-refractivity contribution < 1.29 is 4.39 Å². The zero-order valence-corrected chi connectivity index (χ0v) is 13.3. The van der Waals surface area contributed by atoms with E-state index >= 15 is 0 Å². The zero-order valence-electron chi connectivity index (χ0n) is 13.3. The Morgan fingerprint density at radius 1 is 1.24 bits per heavy atom. The minimum Gasteiger partial charge on any atom is -0.369 e. The molecule has 2 aliphatic rings. The normalized spacial score (nSPS) is 22.1. The van der Waals surface area contributed by atoms with Crippen LogP contribution in [0.5, 0.6) is 0 Å². The standard InChI is InChI=1S/C18H27FN2/c1-18(2)9-4-11-21(12-10-18)17-14(5-3-6-16(17)19)13-20-15-7-8-15/h3,5-6,15,20H,4,7-13H2,1-2H3. The molecule has 1 aromatic carbocycles. The highest BCUT2D eigenvalue weighted by atomic mass is 19.1. The summed E-state index contributed by atoms with van der Waals surface area (Å²) in [5, 5.41) is 3.52. The van der Waals surface area contributed by atoms with Gasteiger partial charge in [-0.1, -0.05) is 26.0 Å². The first-order valence-corrected chi connectivity index (χ1v) is 8.31. The van der Waals surface area contributed by atoms with Crippen LogP contribution in [0.1, 0.15) is 51.5 Å². The van der Waals surface area contributed by atoms with Gasteiger partial charge in [0.25, 0.3) is 0 Å². The molecule has 0 amide bonds. The number of nitrogens with one attached hydrogen (secondary N) is 1. The molecule has 1 heterocycles.